The minimum atomic E-state index is -0.115. The Morgan fingerprint density at radius 1 is 0.963 bits per heavy atom. The minimum Gasteiger partial charge on any atom is -0.378 e. The highest BCUT2D eigenvalue weighted by Crippen LogP contribution is 2.27. The van der Waals surface area contributed by atoms with Crippen LogP contribution in [-0.2, 0) is 0 Å². The fourth-order valence-corrected chi connectivity index (χ4v) is 3.41. The third-order valence-electron chi connectivity index (χ3n) is 4.47. The van der Waals surface area contributed by atoms with E-state index >= 15 is 0 Å². The molecule has 3 aromatic rings. The highest BCUT2D eigenvalue weighted by atomic mass is 35.5. The molecule has 0 aliphatic heterocycles. The lowest BCUT2D eigenvalue weighted by Crippen LogP contribution is -2.16. The van der Waals surface area contributed by atoms with Gasteiger partial charge in [-0.1, -0.05) is 53.6 Å². The minimum absolute atomic E-state index is 0.115. The molecule has 1 atom stereocenters. The molecule has 0 saturated heterocycles. The molecule has 3 rings (SSSR count). The zero-order valence-electron chi connectivity index (χ0n) is 15.4. The van der Waals surface area contributed by atoms with Crippen molar-refractivity contribution in [3.8, 4) is 0 Å². The van der Waals surface area contributed by atoms with Crippen LogP contribution in [0.4, 0.5) is 5.69 Å². The van der Waals surface area contributed by atoms with Crippen LogP contribution >= 0.6 is 23.4 Å². The maximum absolute atomic E-state index is 12.8. The third-order valence-corrected chi connectivity index (χ3v) is 5.46. The zero-order chi connectivity index (χ0) is 19.2. The average Bonchev–Trinajstić information content (AvgIpc) is 2.69. The summed E-state index contributed by atoms with van der Waals surface area (Å²) in [6, 6.07) is 23.5. The highest BCUT2D eigenvalue weighted by Gasteiger charge is 2.17. The van der Waals surface area contributed by atoms with E-state index in [0.717, 1.165) is 22.4 Å². The van der Waals surface area contributed by atoms with E-state index < -0.39 is 0 Å². The van der Waals surface area contributed by atoms with Gasteiger partial charge in [0.15, 0.2) is 5.78 Å². The number of carbonyl (C=O) groups excluding carboxylic acids is 1. The van der Waals surface area contributed by atoms with E-state index in [-0.39, 0.29) is 11.8 Å². The molecule has 1 N–H and O–H groups in total. The molecule has 0 saturated carbocycles. The Kier molecular flexibility index (Phi) is 6.59. The molecule has 0 amide bonds. The first kappa shape index (κ1) is 19.5. The summed E-state index contributed by atoms with van der Waals surface area (Å²) in [6.07, 6.45) is 2.43. The summed E-state index contributed by atoms with van der Waals surface area (Å²) in [5, 5.41) is 4.18. The Hall–Kier alpha value is -2.23. The Bertz CT molecular complexity index is 889. The Morgan fingerprint density at radius 3 is 2.19 bits per heavy atom. The number of hydrogen-bond donors (Lipinski definition) is 1. The zero-order valence-corrected chi connectivity index (χ0v) is 17.0. The van der Waals surface area contributed by atoms with Gasteiger partial charge in [0.2, 0.25) is 0 Å². The number of thioether (sulfide) groups is 1. The van der Waals surface area contributed by atoms with Crippen molar-refractivity contribution in [2.45, 2.75) is 24.3 Å². The second kappa shape index (κ2) is 9.12. The Balaban J connectivity index is 1.84. The molecular formula is C23H22ClNOS. The monoisotopic (exact) mass is 395 g/mol. The molecule has 0 spiro atoms. The summed E-state index contributed by atoms with van der Waals surface area (Å²) >= 11 is 7.70. The van der Waals surface area contributed by atoms with Crippen molar-refractivity contribution in [2.75, 3.05) is 11.6 Å². The lowest BCUT2D eigenvalue weighted by Gasteiger charge is -2.20. The van der Waals surface area contributed by atoms with Gasteiger partial charge < -0.3 is 5.32 Å². The molecule has 4 heteroatoms. The molecule has 0 fully saturated rings. The number of ketones is 1. The Morgan fingerprint density at radius 2 is 1.59 bits per heavy atom. The van der Waals surface area contributed by atoms with E-state index in [0.29, 0.717) is 11.4 Å². The van der Waals surface area contributed by atoms with Crippen LogP contribution in [0.15, 0.2) is 77.7 Å². The van der Waals surface area contributed by atoms with Gasteiger partial charge in [-0.3, -0.25) is 4.79 Å². The van der Waals surface area contributed by atoms with Crippen molar-refractivity contribution in [2.24, 2.45) is 0 Å². The molecule has 3 aromatic carbocycles. The number of hydrogen-bond acceptors (Lipinski definition) is 3. The standard InChI is InChI=1S/C23H22ClNOS/c1-16-3-5-18(6-4-16)23(26)15-22(17-7-13-21(27-2)14-8-17)25-20-11-9-19(24)10-12-20/h3-14,22,25H,15H2,1-2H3/t22-/m1/s1. The van der Waals surface area contributed by atoms with Gasteiger partial charge in [-0.25, -0.2) is 0 Å². The van der Waals surface area contributed by atoms with Crippen LogP contribution in [0.3, 0.4) is 0 Å². The van der Waals surface area contributed by atoms with Crippen LogP contribution in [0.25, 0.3) is 0 Å². The summed E-state index contributed by atoms with van der Waals surface area (Å²) in [5.41, 5.74) is 3.91. The van der Waals surface area contributed by atoms with Crippen molar-refractivity contribution < 1.29 is 4.79 Å². The van der Waals surface area contributed by atoms with Gasteiger partial charge in [-0.15, -0.1) is 11.8 Å². The molecule has 0 radical (unpaired) electrons. The second-order valence-electron chi connectivity index (χ2n) is 6.47. The van der Waals surface area contributed by atoms with Crippen molar-refractivity contribution in [3.63, 3.8) is 0 Å². The van der Waals surface area contributed by atoms with Crippen LogP contribution < -0.4 is 5.32 Å². The molecule has 0 heterocycles. The highest BCUT2D eigenvalue weighted by molar-refractivity contribution is 7.98. The van der Waals surface area contributed by atoms with E-state index in [1.807, 2.05) is 55.5 Å². The second-order valence-corrected chi connectivity index (χ2v) is 7.79. The molecule has 0 aliphatic rings. The summed E-state index contributed by atoms with van der Waals surface area (Å²) in [5.74, 6) is 0.121. The van der Waals surface area contributed by atoms with E-state index in [9.17, 15) is 4.79 Å². The van der Waals surface area contributed by atoms with Gasteiger partial charge in [0.25, 0.3) is 0 Å². The van der Waals surface area contributed by atoms with E-state index in [1.54, 1.807) is 11.8 Å². The summed E-state index contributed by atoms with van der Waals surface area (Å²) in [4.78, 5) is 14.0. The van der Waals surface area contributed by atoms with Gasteiger partial charge in [0.05, 0.1) is 6.04 Å². The molecule has 0 aliphatic carbocycles. The van der Waals surface area contributed by atoms with Gasteiger partial charge in [-0.05, 0) is 55.1 Å². The van der Waals surface area contributed by atoms with Crippen LogP contribution in [0.2, 0.25) is 5.02 Å². The number of carbonyl (C=O) groups is 1. The first-order chi connectivity index (χ1) is 13.0. The number of benzene rings is 3. The van der Waals surface area contributed by atoms with Crippen molar-refractivity contribution in [3.05, 3.63) is 94.5 Å². The van der Waals surface area contributed by atoms with Gasteiger partial charge in [-0.2, -0.15) is 0 Å². The molecule has 0 bridgehead atoms. The first-order valence-corrected chi connectivity index (χ1v) is 10.4. The molecular weight excluding hydrogens is 374 g/mol. The Labute approximate surface area is 170 Å². The van der Waals surface area contributed by atoms with E-state index in [2.05, 4.69) is 35.8 Å². The first-order valence-electron chi connectivity index (χ1n) is 8.81. The van der Waals surface area contributed by atoms with Crippen molar-refractivity contribution in [1.29, 1.82) is 0 Å². The lowest BCUT2D eigenvalue weighted by molar-refractivity contribution is 0.0976. The number of anilines is 1. The van der Waals surface area contributed by atoms with Gasteiger partial charge in [0.1, 0.15) is 0 Å². The maximum atomic E-state index is 12.8. The molecule has 138 valence electrons. The molecule has 0 unspecified atom stereocenters. The fourth-order valence-electron chi connectivity index (χ4n) is 2.88. The fraction of sp³-hybridized carbons (Fsp3) is 0.174. The molecule has 27 heavy (non-hydrogen) atoms. The summed E-state index contributed by atoms with van der Waals surface area (Å²) in [6.45, 7) is 2.02. The van der Waals surface area contributed by atoms with Crippen LogP contribution in [0.1, 0.15) is 33.9 Å². The van der Waals surface area contributed by atoms with Crippen molar-refractivity contribution in [1.82, 2.24) is 0 Å². The summed E-state index contributed by atoms with van der Waals surface area (Å²) in [7, 11) is 0. The number of aryl methyl sites for hydroxylation is 1. The average molecular weight is 396 g/mol. The van der Waals surface area contributed by atoms with Crippen LogP contribution in [0.5, 0.6) is 0 Å². The number of Topliss-reactive ketones (excluding diaryl/α,β-unsaturated/α-hetero) is 1. The largest absolute Gasteiger partial charge is 0.378 e. The third kappa shape index (κ3) is 5.38. The molecule has 2 nitrogen and oxygen atoms in total. The smallest absolute Gasteiger partial charge is 0.165 e. The van der Waals surface area contributed by atoms with Gasteiger partial charge >= 0.3 is 0 Å². The number of nitrogens with one attached hydrogen (secondary N) is 1. The lowest BCUT2D eigenvalue weighted by atomic mass is 9.97. The predicted octanol–water partition coefficient (Wildman–Crippen LogP) is 6.80. The van der Waals surface area contributed by atoms with E-state index in [4.69, 9.17) is 11.6 Å². The van der Waals surface area contributed by atoms with E-state index in [1.165, 1.54) is 4.90 Å². The summed E-state index contributed by atoms with van der Waals surface area (Å²) < 4.78 is 0. The maximum Gasteiger partial charge on any atom is 0.165 e. The predicted molar refractivity (Wildman–Crippen MR) is 116 cm³/mol. The molecule has 0 aromatic heterocycles. The van der Waals surface area contributed by atoms with Gasteiger partial charge in [0, 0.05) is 27.6 Å². The normalized spacial score (nSPS) is 11.8. The number of rotatable bonds is 7. The topological polar surface area (TPSA) is 29.1 Å². The van der Waals surface area contributed by atoms with Crippen LogP contribution in [0, 0.1) is 6.92 Å². The quantitative estimate of drug-likeness (QED) is 0.352. The SMILES string of the molecule is CSc1ccc([C@@H](CC(=O)c2ccc(C)cc2)Nc2ccc(Cl)cc2)cc1. The van der Waals surface area contributed by atoms with Crippen molar-refractivity contribution >= 4 is 34.8 Å². The number of halogens is 1. The van der Waals surface area contributed by atoms with Crippen LogP contribution in [-0.4, -0.2) is 12.0 Å².